The topological polar surface area (TPSA) is 32.3 Å². The van der Waals surface area contributed by atoms with E-state index in [4.69, 9.17) is 0 Å². The van der Waals surface area contributed by atoms with Crippen LogP contribution in [0.15, 0.2) is 0 Å². The van der Waals surface area contributed by atoms with Crippen LogP contribution in [0.2, 0.25) is 0 Å². The van der Waals surface area contributed by atoms with E-state index < -0.39 is 0 Å². The number of rotatable bonds is 4. The summed E-state index contributed by atoms with van der Waals surface area (Å²) in [5.41, 5.74) is 0. The van der Waals surface area contributed by atoms with Gasteiger partial charge in [0.2, 0.25) is 5.91 Å². The second kappa shape index (κ2) is 5.17. The van der Waals surface area contributed by atoms with E-state index >= 15 is 0 Å². The van der Waals surface area contributed by atoms with Crippen molar-refractivity contribution in [3.63, 3.8) is 0 Å². The highest BCUT2D eigenvalue weighted by Gasteiger charge is 2.32. The van der Waals surface area contributed by atoms with E-state index in [1.54, 1.807) is 0 Å². The number of nitrogens with one attached hydrogen (secondary N) is 1. The van der Waals surface area contributed by atoms with Crippen LogP contribution in [0.25, 0.3) is 0 Å². The van der Waals surface area contributed by atoms with E-state index in [9.17, 15) is 4.79 Å². The average Bonchev–Trinajstić information content (AvgIpc) is 2.82. The molecule has 0 bridgehead atoms. The van der Waals surface area contributed by atoms with Crippen molar-refractivity contribution in [3.8, 4) is 0 Å². The van der Waals surface area contributed by atoms with Gasteiger partial charge in [-0.3, -0.25) is 10.1 Å². The van der Waals surface area contributed by atoms with Crippen LogP contribution in [0.5, 0.6) is 0 Å². The standard InChI is InChI=1S/C13H24N2O/c1-10(2)7-12-13(16)15(9-14-12)8-11-5-3-4-6-11/h10-12,14H,3-9H2,1-2H3. The van der Waals surface area contributed by atoms with Gasteiger partial charge in [-0.25, -0.2) is 0 Å². The number of nitrogens with zero attached hydrogens (tertiary/aromatic N) is 1. The van der Waals surface area contributed by atoms with Crippen molar-refractivity contribution in [2.45, 2.75) is 52.0 Å². The fourth-order valence-electron chi connectivity index (χ4n) is 2.92. The Morgan fingerprint density at radius 1 is 1.38 bits per heavy atom. The molecule has 3 heteroatoms. The van der Waals surface area contributed by atoms with Gasteiger partial charge >= 0.3 is 0 Å². The minimum Gasteiger partial charge on any atom is -0.328 e. The Labute approximate surface area is 98.6 Å². The van der Waals surface area contributed by atoms with Gasteiger partial charge in [0.25, 0.3) is 0 Å². The molecule has 1 amide bonds. The van der Waals surface area contributed by atoms with Gasteiger partial charge in [-0.05, 0) is 31.1 Å². The molecule has 0 aromatic rings. The first kappa shape index (κ1) is 11.9. The number of hydrogen-bond acceptors (Lipinski definition) is 2. The number of carbonyl (C=O) groups excluding carboxylic acids is 1. The summed E-state index contributed by atoms with van der Waals surface area (Å²) in [6.45, 7) is 6.11. The highest BCUT2D eigenvalue weighted by Crippen LogP contribution is 2.26. The predicted octanol–water partition coefficient (Wildman–Crippen LogP) is 1.98. The maximum absolute atomic E-state index is 12.1. The third kappa shape index (κ3) is 2.76. The lowest BCUT2D eigenvalue weighted by molar-refractivity contribution is -0.129. The number of amides is 1. The van der Waals surface area contributed by atoms with Crippen molar-refractivity contribution in [2.75, 3.05) is 13.2 Å². The Morgan fingerprint density at radius 3 is 2.69 bits per heavy atom. The normalized spacial score (nSPS) is 27.3. The Kier molecular flexibility index (Phi) is 3.85. The zero-order valence-corrected chi connectivity index (χ0v) is 10.5. The summed E-state index contributed by atoms with van der Waals surface area (Å²) in [7, 11) is 0. The van der Waals surface area contributed by atoms with Crippen LogP contribution in [-0.4, -0.2) is 30.1 Å². The third-order valence-corrected chi connectivity index (χ3v) is 3.80. The molecule has 1 heterocycles. The summed E-state index contributed by atoms with van der Waals surface area (Å²) in [5, 5.41) is 3.34. The Balaban J connectivity index is 1.81. The van der Waals surface area contributed by atoms with Crippen LogP contribution in [0.1, 0.15) is 46.0 Å². The van der Waals surface area contributed by atoms with Gasteiger partial charge < -0.3 is 4.90 Å². The maximum atomic E-state index is 12.1. The molecule has 1 saturated heterocycles. The van der Waals surface area contributed by atoms with Crippen molar-refractivity contribution in [1.29, 1.82) is 0 Å². The summed E-state index contributed by atoms with van der Waals surface area (Å²) in [6.07, 6.45) is 6.32. The first-order valence-corrected chi connectivity index (χ1v) is 6.69. The van der Waals surface area contributed by atoms with Crippen molar-refractivity contribution >= 4 is 5.91 Å². The first-order chi connectivity index (χ1) is 7.66. The molecular formula is C13H24N2O. The summed E-state index contributed by atoms with van der Waals surface area (Å²) in [4.78, 5) is 14.1. The van der Waals surface area contributed by atoms with E-state index in [2.05, 4.69) is 19.2 Å². The summed E-state index contributed by atoms with van der Waals surface area (Å²) >= 11 is 0. The lowest BCUT2D eigenvalue weighted by Crippen LogP contribution is -2.34. The van der Waals surface area contributed by atoms with Crippen LogP contribution < -0.4 is 5.32 Å². The second-order valence-corrected chi connectivity index (χ2v) is 5.76. The van der Waals surface area contributed by atoms with E-state index in [0.717, 1.165) is 25.6 Å². The molecule has 0 aromatic heterocycles. The van der Waals surface area contributed by atoms with E-state index in [1.807, 2.05) is 4.90 Å². The molecular weight excluding hydrogens is 200 g/mol. The predicted molar refractivity (Wildman–Crippen MR) is 64.9 cm³/mol. The maximum Gasteiger partial charge on any atom is 0.240 e. The minimum absolute atomic E-state index is 0.0846. The van der Waals surface area contributed by atoms with Crippen molar-refractivity contribution < 1.29 is 4.79 Å². The Morgan fingerprint density at radius 2 is 2.06 bits per heavy atom. The summed E-state index contributed by atoms with van der Waals surface area (Å²) in [5.74, 6) is 1.69. The number of carbonyl (C=O) groups is 1. The summed E-state index contributed by atoms with van der Waals surface area (Å²) < 4.78 is 0. The smallest absolute Gasteiger partial charge is 0.240 e. The highest BCUT2D eigenvalue weighted by atomic mass is 16.2. The molecule has 1 aliphatic carbocycles. The van der Waals surface area contributed by atoms with Crippen LogP contribution >= 0.6 is 0 Å². The zero-order valence-electron chi connectivity index (χ0n) is 10.5. The third-order valence-electron chi connectivity index (χ3n) is 3.80. The number of hydrogen-bond donors (Lipinski definition) is 1. The van der Waals surface area contributed by atoms with Gasteiger partial charge in [0, 0.05) is 6.54 Å². The molecule has 1 aliphatic heterocycles. The molecule has 1 saturated carbocycles. The Bertz CT molecular complexity index is 246. The molecule has 2 aliphatic rings. The van der Waals surface area contributed by atoms with Gasteiger partial charge in [-0.1, -0.05) is 26.7 Å². The zero-order chi connectivity index (χ0) is 11.5. The largest absolute Gasteiger partial charge is 0.328 e. The van der Waals surface area contributed by atoms with E-state index in [0.29, 0.717) is 11.8 Å². The lowest BCUT2D eigenvalue weighted by atomic mass is 10.0. The van der Waals surface area contributed by atoms with Crippen LogP contribution in [0, 0.1) is 11.8 Å². The monoisotopic (exact) mass is 224 g/mol. The molecule has 2 rings (SSSR count). The van der Waals surface area contributed by atoms with Gasteiger partial charge in [0.1, 0.15) is 0 Å². The summed E-state index contributed by atoms with van der Waals surface area (Å²) in [6, 6.07) is 0.0846. The van der Waals surface area contributed by atoms with Crippen LogP contribution in [-0.2, 0) is 4.79 Å². The molecule has 92 valence electrons. The first-order valence-electron chi connectivity index (χ1n) is 6.69. The molecule has 0 spiro atoms. The molecule has 3 nitrogen and oxygen atoms in total. The molecule has 1 N–H and O–H groups in total. The molecule has 1 atom stereocenters. The Hall–Kier alpha value is -0.570. The van der Waals surface area contributed by atoms with E-state index in [-0.39, 0.29) is 6.04 Å². The highest BCUT2D eigenvalue weighted by molar-refractivity contribution is 5.83. The van der Waals surface area contributed by atoms with Crippen LogP contribution in [0.3, 0.4) is 0 Å². The second-order valence-electron chi connectivity index (χ2n) is 5.76. The SMILES string of the molecule is CC(C)CC1NCN(CC2CCCC2)C1=O. The van der Waals surface area contributed by atoms with Gasteiger partial charge in [-0.2, -0.15) is 0 Å². The fourth-order valence-corrected chi connectivity index (χ4v) is 2.92. The van der Waals surface area contributed by atoms with Gasteiger partial charge in [0.15, 0.2) is 0 Å². The molecule has 0 radical (unpaired) electrons. The molecule has 16 heavy (non-hydrogen) atoms. The quantitative estimate of drug-likeness (QED) is 0.792. The lowest BCUT2D eigenvalue weighted by Gasteiger charge is -2.20. The van der Waals surface area contributed by atoms with Crippen molar-refractivity contribution in [1.82, 2.24) is 10.2 Å². The van der Waals surface area contributed by atoms with Gasteiger partial charge in [0.05, 0.1) is 12.7 Å². The van der Waals surface area contributed by atoms with E-state index in [1.165, 1.54) is 25.7 Å². The fraction of sp³-hybridized carbons (Fsp3) is 0.923. The molecule has 2 fully saturated rings. The molecule has 0 aromatic carbocycles. The van der Waals surface area contributed by atoms with Crippen molar-refractivity contribution in [3.05, 3.63) is 0 Å². The average molecular weight is 224 g/mol. The minimum atomic E-state index is 0.0846. The van der Waals surface area contributed by atoms with Crippen molar-refractivity contribution in [2.24, 2.45) is 11.8 Å². The van der Waals surface area contributed by atoms with Crippen LogP contribution in [0.4, 0.5) is 0 Å². The van der Waals surface area contributed by atoms with Gasteiger partial charge in [-0.15, -0.1) is 0 Å². The molecule has 1 unspecified atom stereocenters.